The molecule has 0 atom stereocenters. The van der Waals surface area contributed by atoms with Crippen molar-refractivity contribution in [1.82, 2.24) is 5.48 Å². The minimum absolute atomic E-state index is 0.168. The van der Waals surface area contributed by atoms with Gasteiger partial charge in [-0.1, -0.05) is 30.3 Å². The summed E-state index contributed by atoms with van der Waals surface area (Å²) in [6.07, 6.45) is 0.168. The molecule has 0 aromatic heterocycles. The standard InChI is InChI=1S/C11H13ClN2O2/c1-8(14-16-7-6-11(13)15)9-2-4-10(12)5-3-9/h2-5,14H,1,6-7H2,(H2,13,15). The summed E-state index contributed by atoms with van der Waals surface area (Å²) in [5, 5.41) is 0.659. The van der Waals surface area contributed by atoms with E-state index >= 15 is 0 Å². The monoisotopic (exact) mass is 240 g/mol. The second kappa shape index (κ2) is 6.15. The van der Waals surface area contributed by atoms with Gasteiger partial charge in [-0.3, -0.25) is 15.1 Å². The van der Waals surface area contributed by atoms with Gasteiger partial charge in [-0.05, 0) is 17.7 Å². The third-order valence-electron chi connectivity index (χ3n) is 1.84. The van der Waals surface area contributed by atoms with Crippen LogP contribution in [-0.4, -0.2) is 12.5 Å². The number of rotatable bonds is 6. The summed E-state index contributed by atoms with van der Waals surface area (Å²) in [4.78, 5) is 15.4. The molecule has 0 unspecified atom stereocenters. The van der Waals surface area contributed by atoms with E-state index in [1.807, 2.05) is 12.1 Å². The van der Waals surface area contributed by atoms with Crippen LogP contribution < -0.4 is 11.2 Å². The van der Waals surface area contributed by atoms with Gasteiger partial charge in [-0.2, -0.15) is 0 Å². The third kappa shape index (κ3) is 4.33. The number of carbonyl (C=O) groups is 1. The van der Waals surface area contributed by atoms with Crippen LogP contribution in [0.15, 0.2) is 30.8 Å². The summed E-state index contributed by atoms with van der Waals surface area (Å²) in [5.74, 6) is -0.404. The quantitative estimate of drug-likeness (QED) is 0.588. The van der Waals surface area contributed by atoms with E-state index in [0.717, 1.165) is 5.56 Å². The smallest absolute Gasteiger partial charge is 0.219 e. The fourth-order valence-electron chi connectivity index (χ4n) is 1.000. The zero-order valence-electron chi connectivity index (χ0n) is 8.70. The molecule has 0 bridgehead atoms. The Labute approximate surface area is 99.0 Å². The van der Waals surface area contributed by atoms with Gasteiger partial charge in [0.1, 0.15) is 0 Å². The Kier molecular flexibility index (Phi) is 4.82. The second-order valence-electron chi connectivity index (χ2n) is 3.15. The van der Waals surface area contributed by atoms with Gasteiger partial charge in [-0.15, -0.1) is 0 Å². The van der Waals surface area contributed by atoms with Gasteiger partial charge in [0.25, 0.3) is 0 Å². The maximum atomic E-state index is 10.4. The maximum absolute atomic E-state index is 10.4. The Hall–Kier alpha value is -1.52. The molecule has 3 N–H and O–H groups in total. The van der Waals surface area contributed by atoms with Crippen molar-refractivity contribution in [2.24, 2.45) is 5.73 Å². The number of amides is 1. The number of hydroxylamine groups is 1. The van der Waals surface area contributed by atoms with Crippen molar-refractivity contribution >= 4 is 23.2 Å². The van der Waals surface area contributed by atoms with E-state index in [4.69, 9.17) is 22.2 Å². The molecule has 0 heterocycles. The molecule has 0 radical (unpaired) electrons. The molecule has 0 saturated heterocycles. The molecule has 0 aliphatic rings. The Morgan fingerprint density at radius 3 is 2.62 bits per heavy atom. The lowest BCUT2D eigenvalue weighted by Crippen LogP contribution is -2.18. The molecule has 0 fully saturated rings. The van der Waals surface area contributed by atoms with E-state index in [0.29, 0.717) is 10.7 Å². The van der Waals surface area contributed by atoms with Crippen LogP contribution in [0.25, 0.3) is 5.70 Å². The predicted octanol–water partition coefficient (Wildman–Crippen LogP) is 1.71. The summed E-state index contributed by atoms with van der Waals surface area (Å²) in [6, 6.07) is 7.14. The van der Waals surface area contributed by atoms with Crippen molar-refractivity contribution in [2.45, 2.75) is 6.42 Å². The van der Waals surface area contributed by atoms with Crippen LogP contribution in [0.2, 0.25) is 5.02 Å². The molecule has 0 spiro atoms. The first-order chi connectivity index (χ1) is 7.59. The molecule has 1 aromatic rings. The Balaban J connectivity index is 2.35. The molecule has 1 amide bonds. The number of nitrogens with two attached hydrogens (primary N) is 1. The maximum Gasteiger partial charge on any atom is 0.219 e. The molecule has 0 aliphatic heterocycles. The number of benzene rings is 1. The first kappa shape index (κ1) is 12.5. The van der Waals surface area contributed by atoms with Crippen molar-refractivity contribution in [2.75, 3.05) is 6.61 Å². The first-order valence-electron chi connectivity index (χ1n) is 4.70. The number of primary amides is 1. The number of hydrogen-bond donors (Lipinski definition) is 2. The van der Waals surface area contributed by atoms with E-state index in [1.54, 1.807) is 12.1 Å². The lowest BCUT2D eigenvalue weighted by molar-refractivity contribution is -0.119. The molecule has 0 aliphatic carbocycles. The molecule has 4 nitrogen and oxygen atoms in total. The fourth-order valence-corrected chi connectivity index (χ4v) is 1.13. The largest absolute Gasteiger partial charge is 0.370 e. The van der Waals surface area contributed by atoms with E-state index in [2.05, 4.69) is 12.1 Å². The topological polar surface area (TPSA) is 64.3 Å². The van der Waals surface area contributed by atoms with E-state index in [9.17, 15) is 4.79 Å². The van der Waals surface area contributed by atoms with Crippen LogP contribution in [-0.2, 0) is 9.63 Å². The average molecular weight is 241 g/mol. The summed E-state index contributed by atoms with van der Waals surface area (Å²) in [6.45, 7) is 3.99. The van der Waals surface area contributed by atoms with E-state index < -0.39 is 5.91 Å². The van der Waals surface area contributed by atoms with Crippen molar-refractivity contribution in [3.63, 3.8) is 0 Å². The molecule has 1 rings (SSSR count). The van der Waals surface area contributed by atoms with Crippen LogP contribution in [0.3, 0.4) is 0 Å². The van der Waals surface area contributed by atoms with Gasteiger partial charge in [0.15, 0.2) is 0 Å². The first-order valence-corrected chi connectivity index (χ1v) is 5.08. The average Bonchev–Trinajstić information content (AvgIpc) is 2.25. The second-order valence-corrected chi connectivity index (χ2v) is 3.59. The SMILES string of the molecule is C=C(NOCCC(N)=O)c1ccc(Cl)cc1. The predicted molar refractivity (Wildman–Crippen MR) is 63.4 cm³/mol. The van der Waals surface area contributed by atoms with Gasteiger partial charge in [0.2, 0.25) is 5.91 Å². The highest BCUT2D eigenvalue weighted by Gasteiger charge is 1.99. The normalized spacial score (nSPS) is 9.81. The van der Waals surface area contributed by atoms with Crippen LogP contribution >= 0.6 is 11.6 Å². The van der Waals surface area contributed by atoms with E-state index in [-0.39, 0.29) is 13.0 Å². The zero-order chi connectivity index (χ0) is 12.0. The van der Waals surface area contributed by atoms with Gasteiger partial charge in [-0.25, -0.2) is 0 Å². The third-order valence-corrected chi connectivity index (χ3v) is 2.09. The summed E-state index contributed by atoms with van der Waals surface area (Å²) >= 11 is 5.75. The van der Waals surface area contributed by atoms with Crippen molar-refractivity contribution in [3.8, 4) is 0 Å². The lowest BCUT2D eigenvalue weighted by Gasteiger charge is -2.09. The fraction of sp³-hybridized carbons (Fsp3) is 0.182. The van der Waals surface area contributed by atoms with Crippen LogP contribution in [0.4, 0.5) is 0 Å². The van der Waals surface area contributed by atoms with E-state index in [1.165, 1.54) is 0 Å². The van der Waals surface area contributed by atoms with Gasteiger partial charge in [0.05, 0.1) is 18.7 Å². The van der Waals surface area contributed by atoms with Crippen LogP contribution in [0, 0.1) is 0 Å². The highest BCUT2D eigenvalue weighted by Crippen LogP contribution is 2.14. The van der Waals surface area contributed by atoms with Crippen molar-refractivity contribution in [1.29, 1.82) is 0 Å². The molecule has 5 heteroatoms. The molecule has 16 heavy (non-hydrogen) atoms. The van der Waals surface area contributed by atoms with Gasteiger partial charge >= 0.3 is 0 Å². The Morgan fingerprint density at radius 2 is 2.06 bits per heavy atom. The Bertz CT molecular complexity index is 376. The summed E-state index contributed by atoms with van der Waals surface area (Å²) in [7, 11) is 0. The molecule has 0 saturated carbocycles. The van der Waals surface area contributed by atoms with Gasteiger partial charge in [0, 0.05) is 5.02 Å². The molecular formula is C11H13ClN2O2. The minimum atomic E-state index is -0.404. The van der Waals surface area contributed by atoms with Crippen LogP contribution in [0.5, 0.6) is 0 Å². The molecular weight excluding hydrogens is 228 g/mol. The number of nitrogens with one attached hydrogen (secondary N) is 1. The lowest BCUT2D eigenvalue weighted by atomic mass is 10.2. The minimum Gasteiger partial charge on any atom is -0.370 e. The summed E-state index contributed by atoms with van der Waals surface area (Å²) in [5.41, 5.74) is 9.04. The zero-order valence-corrected chi connectivity index (χ0v) is 9.46. The molecule has 1 aromatic carbocycles. The highest BCUT2D eigenvalue weighted by molar-refractivity contribution is 6.30. The number of hydrogen-bond acceptors (Lipinski definition) is 3. The molecule has 86 valence electrons. The number of carbonyl (C=O) groups excluding carboxylic acids is 1. The highest BCUT2D eigenvalue weighted by atomic mass is 35.5. The number of halogens is 1. The Morgan fingerprint density at radius 1 is 1.44 bits per heavy atom. The van der Waals surface area contributed by atoms with Gasteiger partial charge < -0.3 is 5.73 Å². The van der Waals surface area contributed by atoms with Crippen molar-refractivity contribution in [3.05, 3.63) is 41.4 Å². The van der Waals surface area contributed by atoms with Crippen molar-refractivity contribution < 1.29 is 9.63 Å². The summed E-state index contributed by atoms with van der Waals surface area (Å²) < 4.78 is 0. The van der Waals surface area contributed by atoms with Crippen LogP contribution in [0.1, 0.15) is 12.0 Å².